The minimum Gasteiger partial charge on any atom is -0.508 e. The summed E-state index contributed by atoms with van der Waals surface area (Å²) in [5.41, 5.74) is 12.3. The fourth-order valence-electron chi connectivity index (χ4n) is 10.1. The van der Waals surface area contributed by atoms with Gasteiger partial charge in [0.1, 0.15) is 22.6 Å². The van der Waals surface area contributed by atoms with Gasteiger partial charge in [0.05, 0.1) is 11.6 Å². The van der Waals surface area contributed by atoms with Crippen LogP contribution in [0.4, 0.5) is 5.69 Å². The van der Waals surface area contributed by atoms with Crippen molar-refractivity contribution in [3.63, 3.8) is 0 Å². The van der Waals surface area contributed by atoms with Crippen LogP contribution in [-0.2, 0) is 11.2 Å². The Labute approximate surface area is 344 Å². The molecule has 2 saturated heterocycles. The van der Waals surface area contributed by atoms with Gasteiger partial charge >= 0.3 is 0 Å². The number of amides is 1. The molecule has 9 heteroatoms. The lowest BCUT2D eigenvalue weighted by Crippen LogP contribution is -2.55. The smallest absolute Gasteiger partial charge is 0.229 e. The molecule has 4 aliphatic rings. The number of anilines is 1. The summed E-state index contributed by atoms with van der Waals surface area (Å²) in [6, 6.07) is 34.8. The van der Waals surface area contributed by atoms with E-state index in [0.29, 0.717) is 23.5 Å². The standard InChI is InChI=1S/C49H50N6O2S/c1-29-31(3)58-49-44(29)46(50-30(2)47-52-51-32(4)55(47)49)37-14-17-40(18-15-37)54-27-39(28-54)48(57)53-24-22-34(23-25-53)33-10-12-36(13-11-33)45-42(35-8-6-5-7-9-35)20-16-38-26-41(56)19-21-43(38)45/h5-15,17-19,21,26,30,34,39,42,45,56H,16,20,22-25,27-28H2,1-4H3/t30-,42+,45-/m0/s1. The van der Waals surface area contributed by atoms with E-state index in [-0.39, 0.29) is 17.9 Å². The number of hydrogen-bond donors (Lipinski definition) is 1. The van der Waals surface area contributed by atoms with E-state index in [1.807, 2.05) is 19.1 Å². The molecule has 10 rings (SSSR count). The quantitative estimate of drug-likeness (QED) is 0.182. The van der Waals surface area contributed by atoms with Gasteiger partial charge in [-0.05, 0) is 123 Å². The average molecular weight is 787 g/mol. The Morgan fingerprint density at radius 2 is 1.53 bits per heavy atom. The maximum atomic E-state index is 13.7. The zero-order chi connectivity index (χ0) is 39.7. The summed E-state index contributed by atoms with van der Waals surface area (Å²) in [5, 5.41) is 20.3. The zero-order valence-electron chi connectivity index (χ0n) is 33.7. The summed E-state index contributed by atoms with van der Waals surface area (Å²) in [6.07, 6.45) is 4.02. The number of aryl methyl sites for hydroxylation is 3. The third-order valence-corrected chi connectivity index (χ3v) is 14.7. The predicted octanol–water partition coefficient (Wildman–Crippen LogP) is 9.58. The summed E-state index contributed by atoms with van der Waals surface area (Å²) in [6.45, 7) is 11.6. The van der Waals surface area contributed by atoms with Crippen LogP contribution in [-0.4, -0.2) is 62.6 Å². The highest BCUT2D eigenvalue weighted by Crippen LogP contribution is 2.47. The lowest BCUT2D eigenvalue weighted by molar-refractivity contribution is -0.137. The number of fused-ring (bicyclic) bond motifs is 4. The Bertz CT molecular complexity index is 2520. The highest BCUT2D eigenvalue weighted by Gasteiger charge is 2.38. The molecule has 0 bridgehead atoms. The summed E-state index contributed by atoms with van der Waals surface area (Å²) in [5.74, 6) is 3.54. The molecular formula is C49H50N6O2S. The molecule has 3 atom stereocenters. The first kappa shape index (κ1) is 36.8. The van der Waals surface area contributed by atoms with Crippen molar-refractivity contribution in [3.05, 3.63) is 158 Å². The van der Waals surface area contributed by atoms with Crippen molar-refractivity contribution in [1.29, 1.82) is 0 Å². The summed E-state index contributed by atoms with van der Waals surface area (Å²) in [7, 11) is 0. The Kier molecular flexibility index (Phi) is 9.31. The number of hydrogen-bond acceptors (Lipinski definition) is 7. The summed E-state index contributed by atoms with van der Waals surface area (Å²) >= 11 is 1.78. The van der Waals surface area contributed by atoms with Crippen LogP contribution < -0.4 is 4.90 Å². The molecule has 2 fully saturated rings. The molecule has 6 aromatic rings. The van der Waals surface area contributed by atoms with E-state index in [2.05, 4.69) is 130 Å². The molecule has 3 aliphatic heterocycles. The van der Waals surface area contributed by atoms with Gasteiger partial charge < -0.3 is 14.9 Å². The van der Waals surface area contributed by atoms with Gasteiger partial charge in [0.25, 0.3) is 0 Å². The number of likely N-dealkylation sites (tertiary alicyclic amines) is 1. The first-order valence-electron chi connectivity index (χ1n) is 20.9. The van der Waals surface area contributed by atoms with Crippen LogP contribution in [0.3, 0.4) is 0 Å². The largest absolute Gasteiger partial charge is 0.508 e. The second-order valence-electron chi connectivity index (χ2n) is 16.9. The number of carbonyl (C=O) groups excluding carboxylic acids is 1. The van der Waals surface area contributed by atoms with Gasteiger partial charge in [-0.3, -0.25) is 14.4 Å². The Balaban J connectivity index is 0.772. The zero-order valence-corrected chi connectivity index (χ0v) is 34.5. The van der Waals surface area contributed by atoms with Gasteiger partial charge in [-0.2, -0.15) is 0 Å². The second kappa shape index (κ2) is 14.7. The third-order valence-electron chi connectivity index (χ3n) is 13.5. The monoisotopic (exact) mass is 786 g/mol. The number of thiophene rings is 1. The fourth-order valence-corrected chi connectivity index (χ4v) is 11.3. The first-order chi connectivity index (χ1) is 28.2. The Hall–Kier alpha value is -5.54. The van der Waals surface area contributed by atoms with E-state index in [0.717, 1.165) is 85.5 Å². The van der Waals surface area contributed by atoms with Gasteiger partial charge in [0.2, 0.25) is 5.91 Å². The van der Waals surface area contributed by atoms with Crippen LogP contribution >= 0.6 is 11.3 Å². The number of aromatic nitrogens is 3. The minimum atomic E-state index is -0.112. The number of phenols is 1. The fraction of sp³-hybridized carbons (Fsp3) is 0.347. The Morgan fingerprint density at radius 1 is 0.810 bits per heavy atom. The van der Waals surface area contributed by atoms with Crippen molar-refractivity contribution >= 4 is 28.6 Å². The van der Waals surface area contributed by atoms with Gasteiger partial charge in [0, 0.05) is 53.8 Å². The molecule has 0 spiro atoms. The molecule has 294 valence electrons. The predicted molar refractivity (Wildman–Crippen MR) is 232 cm³/mol. The van der Waals surface area contributed by atoms with Crippen molar-refractivity contribution in [2.45, 2.75) is 77.2 Å². The molecule has 0 saturated carbocycles. The van der Waals surface area contributed by atoms with E-state index < -0.39 is 0 Å². The molecule has 0 unspecified atom stereocenters. The molecule has 4 aromatic carbocycles. The maximum absolute atomic E-state index is 13.7. The number of nitrogens with zero attached hydrogens (tertiary/aromatic N) is 6. The lowest BCUT2D eigenvalue weighted by atomic mass is 9.69. The number of aliphatic imine (C=N–C) groups is 1. The number of carbonyl (C=O) groups is 1. The van der Waals surface area contributed by atoms with Crippen LogP contribution in [0.2, 0.25) is 0 Å². The van der Waals surface area contributed by atoms with E-state index in [1.165, 1.54) is 43.8 Å². The molecule has 58 heavy (non-hydrogen) atoms. The number of benzene rings is 4. The molecule has 8 nitrogen and oxygen atoms in total. The molecular weight excluding hydrogens is 737 g/mol. The first-order valence-corrected chi connectivity index (χ1v) is 21.7. The molecule has 0 radical (unpaired) electrons. The van der Waals surface area contributed by atoms with Gasteiger partial charge in [0.15, 0.2) is 5.82 Å². The molecule has 1 amide bonds. The van der Waals surface area contributed by atoms with E-state index >= 15 is 0 Å². The van der Waals surface area contributed by atoms with Gasteiger partial charge in [-0.1, -0.05) is 72.8 Å². The van der Waals surface area contributed by atoms with Gasteiger partial charge in [-0.25, -0.2) is 0 Å². The topological polar surface area (TPSA) is 86.8 Å². The molecule has 2 aromatic heterocycles. The maximum Gasteiger partial charge on any atom is 0.229 e. The van der Waals surface area contributed by atoms with Gasteiger partial charge in [-0.15, -0.1) is 21.5 Å². The van der Waals surface area contributed by atoms with Crippen LogP contribution in [0.15, 0.2) is 102 Å². The van der Waals surface area contributed by atoms with Crippen molar-refractivity contribution < 1.29 is 9.90 Å². The lowest BCUT2D eigenvalue weighted by Gasteiger charge is -2.43. The number of phenolic OH excluding ortho intramolecular Hbond substituents is 1. The Morgan fingerprint density at radius 3 is 2.28 bits per heavy atom. The van der Waals surface area contributed by atoms with Crippen LogP contribution in [0.25, 0.3) is 5.00 Å². The normalized spacial score (nSPS) is 20.8. The van der Waals surface area contributed by atoms with E-state index in [1.54, 1.807) is 11.3 Å². The average Bonchev–Trinajstić information content (AvgIpc) is 3.72. The second-order valence-corrected chi connectivity index (χ2v) is 18.1. The summed E-state index contributed by atoms with van der Waals surface area (Å²) in [4.78, 5) is 24.6. The van der Waals surface area contributed by atoms with Crippen LogP contribution in [0, 0.1) is 26.7 Å². The van der Waals surface area contributed by atoms with E-state index in [4.69, 9.17) is 4.99 Å². The summed E-state index contributed by atoms with van der Waals surface area (Å²) < 4.78 is 2.18. The van der Waals surface area contributed by atoms with Crippen molar-refractivity contribution in [2.24, 2.45) is 10.9 Å². The van der Waals surface area contributed by atoms with Crippen molar-refractivity contribution in [2.75, 3.05) is 31.1 Å². The number of piperidine rings is 1. The molecule has 1 N–H and O–H groups in total. The van der Waals surface area contributed by atoms with Crippen molar-refractivity contribution in [1.82, 2.24) is 19.7 Å². The van der Waals surface area contributed by atoms with Crippen LogP contribution in [0.1, 0.15) is 111 Å². The number of rotatable bonds is 6. The third kappa shape index (κ3) is 6.35. The SMILES string of the molecule is Cc1sc2c(c1C)C(c1ccc(N3CC(C(=O)N4CCC(c5ccc([C@@H]6c7ccc(O)cc7CC[C@@H]6c6ccccc6)cc5)CC4)C3)cc1)=N[C@@H](C)c1nnc(C)n1-2. The van der Waals surface area contributed by atoms with Crippen molar-refractivity contribution in [3.8, 4) is 10.8 Å². The highest BCUT2D eigenvalue weighted by atomic mass is 32.1. The molecule has 1 aliphatic carbocycles. The number of aromatic hydroxyl groups is 1. The molecule has 5 heterocycles. The van der Waals surface area contributed by atoms with E-state index in [9.17, 15) is 9.90 Å². The van der Waals surface area contributed by atoms with Crippen LogP contribution in [0.5, 0.6) is 5.75 Å². The minimum absolute atomic E-state index is 0.0403. The highest BCUT2D eigenvalue weighted by molar-refractivity contribution is 7.15.